The lowest BCUT2D eigenvalue weighted by molar-refractivity contribution is 0.461. The molecule has 3 N–H and O–H groups in total. The summed E-state index contributed by atoms with van der Waals surface area (Å²) >= 11 is -1.72. The molecule has 0 saturated heterocycles. The highest BCUT2D eigenvalue weighted by atomic mass is 35.8. The quantitative estimate of drug-likeness (QED) is 0.109. The molecule has 0 aliphatic carbocycles. The van der Waals surface area contributed by atoms with Gasteiger partial charge < -0.3 is 29.7 Å². The number of aromatic amines is 1. The van der Waals surface area contributed by atoms with Crippen molar-refractivity contribution in [2.45, 2.75) is 34.2 Å². The first-order valence-electron chi connectivity index (χ1n) is 21.0. The SMILES string of the molecule is Cc1cc(C#N)cc(C)c1Oc1nc(Nc2ccc(C#N)cc2)nc2[nH]ccc12.Cc1cc(C#N)cc(C)c1Oc1nc(Nc2ccc(C#N)cc2)nc2c1ccn2Cc1ccccc1.[Cl][Al]([Cl])[Cl]. The lowest BCUT2D eigenvalue weighted by Crippen LogP contribution is -2.04. The fourth-order valence-corrected chi connectivity index (χ4v) is 7.18. The van der Waals surface area contributed by atoms with Gasteiger partial charge in [-0.05, 0) is 140 Å². The van der Waals surface area contributed by atoms with Crippen LogP contribution in [-0.2, 0) is 6.54 Å². The molecule has 69 heavy (non-hydrogen) atoms. The second kappa shape index (κ2) is 22.6. The van der Waals surface area contributed by atoms with Crippen molar-refractivity contribution in [3.8, 4) is 47.5 Å². The number of aromatic nitrogens is 6. The number of fused-ring (bicyclic) bond motifs is 2. The van der Waals surface area contributed by atoms with E-state index in [1.807, 2.05) is 76.4 Å². The summed E-state index contributed by atoms with van der Waals surface area (Å²) in [5.74, 6) is 2.88. The van der Waals surface area contributed by atoms with E-state index in [0.717, 1.165) is 55.6 Å². The zero-order chi connectivity index (χ0) is 49.0. The topological polar surface area (TPSA) is 210 Å². The van der Waals surface area contributed by atoms with Gasteiger partial charge in [0.2, 0.25) is 23.7 Å². The molecule has 338 valence electrons. The van der Waals surface area contributed by atoms with Gasteiger partial charge in [-0.2, -0.15) is 41.0 Å². The Labute approximate surface area is 414 Å². The third-order valence-corrected chi connectivity index (χ3v) is 10.3. The van der Waals surface area contributed by atoms with Crippen molar-refractivity contribution in [2.24, 2.45) is 0 Å². The Kier molecular flexibility index (Phi) is 16.0. The van der Waals surface area contributed by atoms with Gasteiger partial charge in [0, 0.05) is 30.3 Å². The van der Waals surface area contributed by atoms with Gasteiger partial charge in [-0.15, -0.1) is 0 Å². The summed E-state index contributed by atoms with van der Waals surface area (Å²) in [6.45, 7) is 8.27. The first-order chi connectivity index (χ1) is 33.3. The van der Waals surface area contributed by atoms with Crippen LogP contribution in [0.25, 0.3) is 22.1 Å². The van der Waals surface area contributed by atoms with Crippen molar-refractivity contribution in [3.05, 3.63) is 178 Å². The summed E-state index contributed by atoms with van der Waals surface area (Å²) in [4.78, 5) is 21.6. The molecule has 9 rings (SSSR count). The van der Waals surface area contributed by atoms with E-state index in [9.17, 15) is 5.26 Å². The Balaban J connectivity index is 0.000000193. The van der Waals surface area contributed by atoms with Crippen molar-refractivity contribution < 1.29 is 9.47 Å². The number of nitriles is 4. The summed E-state index contributed by atoms with van der Waals surface area (Å²) in [5, 5.41) is 44.4. The van der Waals surface area contributed by atoms with Gasteiger partial charge in [0.25, 0.3) is 0 Å². The van der Waals surface area contributed by atoms with Gasteiger partial charge in [-0.1, -0.05) is 30.3 Å². The Bertz CT molecular complexity index is 3410. The highest BCUT2D eigenvalue weighted by Gasteiger charge is 2.18. The van der Waals surface area contributed by atoms with E-state index in [4.69, 9.17) is 65.4 Å². The first-order valence-corrected chi connectivity index (χ1v) is 26.2. The van der Waals surface area contributed by atoms with Crippen LogP contribution in [0.15, 0.2) is 128 Å². The number of halogens is 3. The molecule has 0 fully saturated rings. The second-order valence-electron chi connectivity index (χ2n) is 15.3. The van der Waals surface area contributed by atoms with Crippen LogP contribution < -0.4 is 20.1 Å². The van der Waals surface area contributed by atoms with E-state index >= 15 is 0 Å². The van der Waals surface area contributed by atoms with Gasteiger partial charge in [0.1, 0.15) is 22.8 Å². The van der Waals surface area contributed by atoms with Crippen LogP contribution in [-0.4, -0.2) is 40.9 Å². The molecule has 0 spiro atoms. The number of hydrogen-bond acceptors (Lipinski definition) is 12. The Hall–Kier alpha value is -8.10. The van der Waals surface area contributed by atoms with Crippen molar-refractivity contribution in [2.75, 3.05) is 10.6 Å². The predicted molar refractivity (Wildman–Crippen MR) is 271 cm³/mol. The van der Waals surface area contributed by atoms with E-state index in [0.29, 0.717) is 69.6 Å². The number of nitrogens with zero attached hydrogens (tertiary/aromatic N) is 9. The molecule has 5 aromatic carbocycles. The van der Waals surface area contributed by atoms with Gasteiger partial charge in [-0.25, -0.2) is 30.1 Å². The fraction of sp³-hybridized carbons (Fsp3) is 0.0980. The number of H-pyrrole nitrogens is 1. The number of hydrogen-bond donors (Lipinski definition) is 3. The molecule has 0 saturated carbocycles. The maximum Gasteiger partial charge on any atom is 0.643 e. The summed E-state index contributed by atoms with van der Waals surface area (Å²) < 4.78 is 14.6. The molecular weight excluding hydrogens is 946 g/mol. The van der Waals surface area contributed by atoms with Crippen molar-refractivity contribution in [3.63, 3.8) is 0 Å². The Morgan fingerprint density at radius 3 is 1.48 bits per heavy atom. The average molecular weight is 984 g/mol. The van der Waals surface area contributed by atoms with Crippen LogP contribution in [0.4, 0.5) is 23.3 Å². The van der Waals surface area contributed by atoms with Gasteiger partial charge in [0.05, 0.1) is 57.3 Å². The zero-order valence-electron chi connectivity index (χ0n) is 37.4. The summed E-state index contributed by atoms with van der Waals surface area (Å²) in [6.07, 6.45) is 3.75. The van der Waals surface area contributed by atoms with E-state index in [-0.39, 0.29) is 0 Å². The van der Waals surface area contributed by atoms with E-state index < -0.39 is 11.4 Å². The standard InChI is InChI=1S/C29H22N6O.C22H16N6O.Al.3ClH/c1-19-14-23(17-31)15-20(2)26(19)36-28-25-12-13-35(18-22-6-4-3-5-7-22)27(25)33-29(34-28)32-24-10-8-21(16-30)9-11-24;1-13-9-16(12-24)10-14(2)19(13)29-21-18-7-8-25-20(18)27-22(28-21)26-17-5-3-15(11-23)4-6-17;;;;/h3-15H,18H2,1-2H3,(H,32,33,34);3-10H,1-2H3,(H2,25,26,27,28);;3*1H/q;;+3;;;/p-3. The number of ether oxygens (including phenoxy) is 2. The number of anilines is 4. The minimum Gasteiger partial charge on any atom is -0.438 e. The predicted octanol–water partition coefficient (Wildman–Crippen LogP) is 12.9. The van der Waals surface area contributed by atoms with Crippen molar-refractivity contribution >= 4 is 86.9 Å². The number of aryl methyl sites for hydroxylation is 4. The average Bonchev–Trinajstić information content (AvgIpc) is 3.99. The molecule has 0 bridgehead atoms. The monoisotopic (exact) mass is 982 g/mol. The minimum atomic E-state index is -1.72. The Morgan fingerprint density at radius 2 is 1.01 bits per heavy atom. The normalized spacial score (nSPS) is 10.2. The molecule has 0 unspecified atom stereocenters. The van der Waals surface area contributed by atoms with Crippen LogP contribution in [0.1, 0.15) is 50.1 Å². The van der Waals surface area contributed by atoms with Crippen LogP contribution in [0.2, 0.25) is 0 Å². The summed E-state index contributed by atoms with van der Waals surface area (Å²) in [6, 6.07) is 43.8. The maximum atomic E-state index is 9.30. The summed E-state index contributed by atoms with van der Waals surface area (Å²) in [5.41, 5.74) is 9.75. The van der Waals surface area contributed by atoms with Crippen LogP contribution in [0.5, 0.6) is 23.3 Å². The van der Waals surface area contributed by atoms with E-state index in [1.54, 1.807) is 66.9 Å². The number of nitrogens with one attached hydrogen (secondary N) is 3. The fourth-order valence-electron chi connectivity index (χ4n) is 7.18. The molecule has 0 radical (unpaired) electrons. The second-order valence-corrected chi connectivity index (χ2v) is 21.7. The highest BCUT2D eigenvalue weighted by Crippen LogP contribution is 2.36. The zero-order valence-corrected chi connectivity index (χ0v) is 40.8. The van der Waals surface area contributed by atoms with Crippen LogP contribution in [0.3, 0.4) is 0 Å². The molecular formula is C51H38AlCl3N12O2. The molecule has 9 aromatic rings. The number of benzene rings is 5. The molecule has 4 heterocycles. The lowest BCUT2D eigenvalue weighted by Gasteiger charge is -2.14. The minimum absolute atomic E-state index is 0.364. The third kappa shape index (κ3) is 12.5. The van der Waals surface area contributed by atoms with E-state index in [1.165, 1.54) is 0 Å². The van der Waals surface area contributed by atoms with Crippen molar-refractivity contribution in [1.29, 1.82) is 21.0 Å². The molecule has 0 aliphatic heterocycles. The highest BCUT2D eigenvalue weighted by molar-refractivity contribution is 7.54. The molecule has 0 amide bonds. The maximum absolute atomic E-state index is 9.30. The van der Waals surface area contributed by atoms with Crippen molar-refractivity contribution in [1.82, 2.24) is 29.5 Å². The largest absolute Gasteiger partial charge is 0.643 e. The molecule has 14 nitrogen and oxygen atoms in total. The van der Waals surface area contributed by atoms with Gasteiger partial charge >= 0.3 is 11.4 Å². The van der Waals surface area contributed by atoms with Crippen LogP contribution in [0, 0.1) is 73.0 Å². The molecule has 4 aromatic heterocycles. The first kappa shape index (κ1) is 48.8. The van der Waals surface area contributed by atoms with Crippen LogP contribution >= 0.6 is 30.1 Å². The number of rotatable bonds is 10. The van der Waals surface area contributed by atoms with Gasteiger partial charge in [0.15, 0.2) is 0 Å². The lowest BCUT2D eigenvalue weighted by atomic mass is 10.1. The van der Waals surface area contributed by atoms with Gasteiger partial charge in [-0.3, -0.25) is 0 Å². The molecule has 0 aliphatic rings. The Morgan fingerprint density at radius 1 is 0.565 bits per heavy atom. The third-order valence-electron chi connectivity index (χ3n) is 10.3. The summed E-state index contributed by atoms with van der Waals surface area (Å²) in [7, 11) is 14.8. The smallest absolute Gasteiger partial charge is 0.438 e. The molecule has 0 atom stereocenters. The van der Waals surface area contributed by atoms with E-state index in [2.05, 4.69) is 66.6 Å². The molecule has 18 heteroatoms.